The van der Waals surface area contributed by atoms with Crippen LogP contribution in [0.25, 0.3) is 0 Å². The van der Waals surface area contributed by atoms with E-state index in [4.69, 9.17) is 16.3 Å². The maximum absolute atomic E-state index is 13.7. The molecule has 1 aliphatic rings. The fraction of sp³-hybridized carbons (Fsp3) is 0.481. The van der Waals surface area contributed by atoms with E-state index in [0.29, 0.717) is 22.0 Å². The predicted molar refractivity (Wildman–Crippen MR) is 146 cm³/mol. The maximum Gasteiger partial charge on any atom is 0.244 e. The number of aryl methyl sites for hydroxylation is 1. The van der Waals surface area contributed by atoms with Gasteiger partial charge in [0.15, 0.2) is 0 Å². The van der Waals surface area contributed by atoms with Gasteiger partial charge in [0.2, 0.25) is 21.8 Å². The molecule has 1 saturated carbocycles. The zero-order valence-electron chi connectivity index (χ0n) is 21.9. The molecule has 2 aromatic rings. The molecule has 1 atom stereocenters. The molecule has 1 aliphatic carbocycles. The van der Waals surface area contributed by atoms with Crippen LogP contribution in [0.3, 0.4) is 0 Å². The van der Waals surface area contributed by atoms with Gasteiger partial charge in [-0.1, -0.05) is 43.0 Å². The number of ether oxygens (including phenoxy) is 1. The predicted octanol–water partition coefficient (Wildman–Crippen LogP) is 4.29. The van der Waals surface area contributed by atoms with Gasteiger partial charge in [-0.25, -0.2) is 8.42 Å². The second-order valence-corrected chi connectivity index (χ2v) is 11.9. The van der Waals surface area contributed by atoms with Crippen molar-refractivity contribution < 1.29 is 22.7 Å². The number of amides is 2. The Bertz CT molecular complexity index is 1200. The molecular formula is C27H36ClN3O5S. The Kier molecular flexibility index (Phi) is 9.84. The van der Waals surface area contributed by atoms with Crippen LogP contribution in [0.4, 0.5) is 5.69 Å². The van der Waals surface area contributed by atoms with Gasteiger partial charge in [0.1, 0.15) is 18.3 Å². The van der Waals surface area contributed by atoms with Crippen LogP contribution in [-0.2, 0) is 26.2 Å². The van der Waals surface area contributed by atoms with E-state index in [1.54, 1.807) is 51.3 Å². The van der Waals surface area contributed by atoms with Gasteiger partial charge < -0.3 is 15.0 Å². The minimum atomic E-state index is -3.81. The van der Waals surface area contributed by atoms with E-state index in [9.17, 15) is 18.0 Å². The minimum absolute atomic E-state index is 0.0888. The zero-order chi connectivity index (χ0) is 27.2. The summed E-state index contributed by atoms with van der Waals surface area (Å²) in [6, 6.07) is 11.3. The Hall–Kier alpha value is -2.78. The summed E-state index contributed by atoms with van der Waals surface area (Å²) in [5.41, 5.74) is 1.78. The van der Waals surface area contributed by atoms with Gasteiger partial charge in [-0.05, 0) is 68.1 Å². The molecule has 1 N–H and O–H groups in total. The lowest BCUT2D eigenvalue weighted by Crippen LogP contribution is -2.53. The van der Waals surface area contributed by atoms with E-state index in [1.807, 2.05) is 12.1 Å². The highest BCUT2D eigenvalue weighted by Crippen LogP contribution is 2.26. The molecule has 2 amide bonds. The summed E-state index contributed by atoms with van der Waals surface area (Å²) in [6.45, 7) is 3.11. The highest BCUT2D eigenvalue weighted by atomic mass is 35.5. The van der Waals surface area contributed by atoms with Crippen LogP contribution in [0.15, 0.2) is 42.5 Å². The topological polar surface area (TPSA) is 96.0 Å². The molecule has 0 bridgehead atoms. The van der Waals surface area contributed by atoms with Gasteiger partial charge >= 0.3 is 0 Å². The monoisotopic (exact) mass is 549 g/mol. The van der Waals surface area contributed by atoms with Gasteiger partial charge in [-0.15, -0.1) is 0 Å². The van der Waals surface area contributed by atoms with Gasteiger partial charge in [-0.3, -0.25) is 13.9 Å². The molecule has 1 fully saturated rings. The van der Waals surface area contributed by atoms with E-state index in [-0.39, 0.29) is 18.5 Å². The van der Waals surface area contributed by atoms with E-state index < -0.39 is 28.5 Å². The normalized spacial score (nSPS) is 15.1. The summed E-state index contributed by atoms with van der Waals surface area (Å²) in [6.07, 6.45) is 6.19. The minimum Gasteiger partial charge on any atom is -0.497 e. The number of carbonyl (C=O) groups is 2. The molecule has 0 aromatic heterocycles. The summed E-state index contributed by atoms with van der Waals surface area (Å²) < 4.78 is 31.8. The van der Waals surface area contributed by atoms with Gasteiger partial charge in [0.05, 0.1) is 19.1 Å². The molecule has 0 heterocycles. The van der Waals surface area contributed by atoms with Crippen molar-refractivity contribution in [3.05, 3.63) is 58.6 Å². The Morgan fingerprint density at radius 3 is 2.32 bits per heavy atom. The summed E-state index contributed by atoms with van der Waals surface area (Å²) in [5, 5.41) is 3.56. The summed E-state index contributed by atoms with van der Waals surface area (Å²) in [7, 11) is -2.24. The van der Waals surface area contributed by atoms with E-state index in [2.05, 4.69) is 5.32 Å². The molecule has 202 valence electrons. The van der Waals surface area contributed by atoms with Crippen LogP contribution in [0.5, 0.6) is 5.75 Å². The Morgan fingerprint density at radius 1 is 1.11 bits per heavy atom. The molecule has 10 heteroatoms. The largest absolute Gasteiger partial charge is 0.497 e. The molecule has 0 aliphatic heterocycles. The number of rotatable bonds is 10. The second-order valence-electron chi connectivity index (χ2n) is 9.59. The third kappa shape index (κ3) is 7.85. The average Bonchev–Trinajstić information content (AvgIpc) is 2.86. The van der Waals surface area contributed by atoms with Crippen LogP contribution >= 0.6 is 11.6 Å². The fourth-order valence-corrected chi connectivity index (χ4v) is 5.71. The highest BCUT2D eigenvalue weighted by Gasteiger charge is 2.31. The molecular weight excluding hydrogens is 514 g/mol. The quantitative estimate of drug-likeness (QED) is 0.477. The fourth-order valence-electron chi connectivity index (χ4n) is 4.57. The molecule has 0 radical (unpaired) electrons. The van der Waals surface area contributed by atoms with Crippen LogP contribution < -0.4 is 14.4 Å². The molecule has 2 aromatic carbocycles. The first kappa shape index (κ1) is 28.8. The van der Waals surface area contributed by atoms with Crippen LogP contribution in [0.2, 0.25) is 5.02 Å². The average molecular weight is 550 g/mol. The van der Waals surface area contributed by atoms with Crippen molar-refractivity contribution in [2.75, 3.05) is 24.2 Å². The Labute approximate surface area is 225 Å². The van der Waals surface area contributed by atoms with Crippen LogP contribution in [0, 0.1) is 6.92 Å². The third-order valence-corrected chi connectivity index (χ3v) is 8.10. The van der Waals surface area contributed by atoms with Crippen molar-refractivity contribution in [1.29, 1.82) is 0 Å². The summed E-state index contributed by atoms with van der Waals surface area (Å²) >= 11 is 6.06. The lowest BCUT2D eigenvalue weighted by Gasteiger charge is -2.33. The van der Waals surface area contributed by atoms with Crippen LogP contribution in [0.1, 0.15) is 50.2 Å². The van der Waals surface area contributed by atoms with Crippen molar-refractivity contribution in [3.63, 3.8) is 0 Å². The molecule has 8 nitrogen and oxygen atoms in total. The lowest BCUT2D eigenvalue weighted by molar-refractivity contribution is -0.139. The summed E-state index contributed by atoms with van der Waals surface area (Å²) in [4.78, 5) is 28.4. The number of hydrogen-bond donors (Lipinski definition) is 1. The highest BCUT2D eigenvalue weighted by molar-refractivity contribution is 7.92. The van der Waals surface area contributed by atoms with E-state index >= 15 is 0 Å². The van der Waals surface area contributed by atoms with Crippen molar-refractivity contribution in [1.82, 2.24) is 10.2 Å². The second kappa shape index (κ2) is 12.6. The standard InChI is InChI=1S/C27H36ClN3O5S/c1-19-16-22(28)12-15-25(19)31(37(4,34)35)18-26(32)30(17-21-10-13-24(36-3)14-11-21)20(2)27(33)29-23-8-6-5-7-9-23/h10-16,20,23H,5-9,17-18H2,1-4H3,(H,29,33)/t20-/m1/s1. The number of methoxy groups -OCH3 is 1. The number of anilines is 1. The number of nitrogens with zero attached hydrogens (tertiary/aromatic N) is 2. The van der Waals surface area contributed by atoms with E-state index in [1.165, 1.54) is 4.90 Å². The zero-order valence-corrected chi connectivity index (χ0v) is 23.4. The van der Waals surface area contributed by atoms with E-state index in [0.717, 1.165) is 48.2 Å². The first-order chi connectivity index (χ1) is 17.5. The maximum atomic E-state index is 13.7. The van der Waals surface area contributed by atoms with Gasteiger partial charge in [0.25, 0.3) is 0 Å². The van der Waals surface area contributed by atoms with Crippen molar-refractivity contribution in [2.45, 2.75) is 64.6 Å². The number of nitrogens with one attached hydrogen (secondary N) is 1. The van der Waals surface area contributed by atoms with Crippen molar-refractivity contribution >= 4 is 39.1 Å². The number of benzene rings is 2. The smallest absolute Gasteiger partial charge is 0.244 e. The van der Waals surface area contributed by atoms with Gasteiger partial charge in [-0.2, -0.15) is 0 Å². The first-order valence-electron chi connectivity index (χ1n) is 12.5. The molecule has 0 saturated heterocycles. The third-order valence-electron chi connectivity index (χ3n) is 6.74. The Morgan fingerprint density at radius 2 is 1.76 bits per heavy atom. The molecule has 3 rings (SSSR count). The molecule has 0 spiro atoms. The van der Waals surface area contributed by atoms with Gasteiger partial charge in [0, 0.05) is 17.6 Å². The number of hydrogen-bond acceptors (Lipinski definition) is 5. The van der Waals surface area contributed by atoms with Crippen LogP contribution in [-0.4, -0.2) is 57.1 Å². The van der Waals surface area contributed by atoms with Crippen molar-refractivity contribution in [3.8, 4) is 5.75 Å². The first-order valence-corrected chi connectivity index (χ1v) is 14.7. The Balaban J connectivity index is 1.89. The van der Waals surface area contributed by atoms with Crippen molar-refractivity contribution in [2.24, 2.45) is 0 Å². The molecule has 0 unspecified atom stereocenters. The molecule has 37 heavy (non-hydrogen) atoms. The SMILES string of the molecule is COc1ccc(CN(C(=O)CN(c2ccc(Cl)cc2C)S(C)(=O)=O)[C@H](C)C(=O)NC2CCCCC2)cc1. The number of sulfonamides is 1. The number of carbonyl (C=O) groups excluding carboxylic acids is 2. The number of halogens is 1. The lowest BCUT2D eigenvalue weighted by atomic mass is 9.95. The summed E-state index contributed by atoms with van der Waals surface area (Å²) in [5.74, 6) is -0.0598.